The fourth-order valence-electron chi connectivity index (χ4n) is 5.52. The third-order valence-electron chi connectivity index (χ3n) is 7.87. The first-order chi connectivity index (χ1) is 21.4. The van der Waals surface area contributed by atoms with Gasteiger partial charge in [0.25, 0.3) is 0 Å². The molecule has 246 valence electrons. The Morgan fingerprint density at radius 2 is 1.63 bits per heavy atom. The van der Waals surface area contributed by atoms with E-state index in [9.17, 15) is 19.2 Å². The van der Waals surface area contributed by atoms with Crippen molar-refractivity contribution in [3.8, 4) is 0 Å². The summed E-state index contributed by atoms with van der Waals surface area (Å²) in [4.78, 5) is 56.2. The number of ketones is 2. The molecule has 46 heavy (non-hydrogen) atoms. The van der Waals surface area contributed by atoms with Gasteiger partial charge in [0.1, 0.15) is 23.7 Å². The number of carbonyl (C=O) groups excluding carboxylic acids is 4. The Labute approximate surface area is 272 Å². The molecular weight excluding hydrogens is 582 g/mol. The molecule has 1 amide bonds. The van der Waals surface area contributed by atoms with Crippen LogP contribution in [0.4, 0.5) is 5.69 Å². The third kappa shape index (κ3) is 8.78. The maximum absolute atomic E-state index is 13.5. The largest absolute Gasteiger partial charge is 0.487 e. The number of nitrogens with zero attached hydrogens (tertiary/aromatic N) is 1. The van der Waals surface area contributed by atoms with Crippen LogP contribution in [-0.2, 0) is 23.9 Å². The molecule has 9 nitrogen and oxygen atoms in total. The van der Waals surface area contributed by atoms with Gasteiger partial charge in [0.2, 0.25) is 11.7 Å². The normalized spacial score (nSPS) is 17.5. The number of rotatable bonds is 10. The van der Waals surface area contributed by atoms with Gasteiger partial charge in [0, 0.05) is 34.1 Å². The second-order valence-electron chi connectivity index (χ2n) is 14.6. The van der Waals surface area contributed by atoms with Crippen LogP contribution < -0.4 is 10.6 Å². The van der Waals surface area contributed by atoms with Gasteiger partial charge in [-0.2, -0.15) is 0 Å². The lowest BCUT2D eigenvalue weighted by Crippen LogP contribution is -2.51. The highest BCUT2D eigenvalue weighted by Crippen LogP contribution is 2.41. The van der Waals surface area contributed by atoms with E-state index in [1.54, 1.807) is 24.3 Å². The summed E-state index contributed by atoms with van der Waals surface area (Å²) in [5.41, 5.74) is 2.29. The molecule has 0 saturated carbocycles. The van der Waals surface area contributed by atoms with Crippen molar-refractivity contribution in [1.82, 2.24) is 10.6 Å². The van der Waals surface area contributed by atoms with Crippen molar-refractivity contribution in [2.75, 3.05) is 13.2 Å². The van der Waals surface area contributed by atoms with Gasteiger partial charge in [-0.1, -0.05) is 45.0 Å². The molecule has 2 N–H and O–H groups in total. The van der Waals surface area contributed by atoms with E-state index in [1.807, 2.05) is 79.7 Å². The Kier molecular flexibility index (Phi) is 10.4. The molecule has 2 aromatic carbocycles. The standard InChI is InChI=1S/C37H47N3O6/c1-35(2,3)33(43)28(40-36(4,5)6)17-18-29(41)38-21-22-45-34(44)23-13-15-24(16-14-23)39-30-25-11-9-10-12-26(25)32-27(31(30)42)19-20-37(7,8)46-32/h9-16,28,40H,17-22H2,1-8H3,(H,38,41). The van der Waals surface area contributed by atoms with Gasteiger partial charge in [0.05, 0.1) is 23.8 Å². The van der Waals surface area contributed by atoms with Gasteiger partial charge in [-0.3, -0.25) is 14.4 Å². The monoisotopic (exact) mass is 629 g/mol. The first-order valence-electron chi connectivity index (χ1n) is 16.0. The van der Waals surface area contributed by atoms with Gasteiger partial charge in [-0.15, -0.1) is 0 Å². The second-order valence-corrected chi connectivity index (χ2v) is 14.6. The number of hydrogen-bond donors (Lipinski definition) is 2. The number of esters is 1. The van der Waals surface area contributed by atoms with Crippen molar-refractivity contribution in [2.45, 2.75) is 98.3 Å². The zero-order chi connectivity index (χ0) is 33.9. The summed E-state index contributed by atoms with van der Waals surface area (Å²) >= 11 is 0. The lowest BCUT2D eigenvalue weighted by Gasteiger charge is -2.36. The van der Waals surface area contributed by atoms with E-state index in [0.29, 0.717) is 41.1 Å². The van der Waals surface area contributed by atoms with Crippen LogP contribution in [0.2, 0.25) is 0 Å². The molecule has 0 spiro atoms. The number of carbonyl (C=O) groups is 4. The minimum absolute atomic E-state index is 0.000818. The number of amides is 1. The van der Waals surface area contributed by atoms with E-state index in [0.717, 1.165) is 17.5 Å². The van der Waals surface area contributed by atoms with Crippen molar-refractivity contribution in [2.24, 2.45) is 10.4 Å². The highest BCUT2D eigenvalue weighted by molar-refractivity contribution is 6.54. The van der Waals surface area contributed by atoms with Crippen molar-refractivity contribution in [3.05, 3.63) is 70.8 Å². The Morgan fingerprint density at radius 1 is 0.978 bits per heavy atom. The Balaban J connectivity index is 1.31. The van der Waals surface area contributed by atoms with Crippen LogP contribution in [-0.4, -0.2) is 59.5 Å². The van der Waals surface area contributed by atoms with Crippen molar-refractivity contribution in [3.63, 3.8) is 0 Å². The molecule has 1 atom stereocenters. The van der Waals surface area contributed by atoms with Crippen molar-refractivity contribution >= 4 is 40.6 Å². The summed E-state index contributed by atoms with van der Waals surface area (Å²) in [6.07, 6.45) is 1.90. The van der Waals surface area contributed by atoms with E-state index in [2.05, 4.69) is 15.6 Å². The second kappa shape index (κ2) is 13.7. The molecule has 0 fully saturated rings. The van der Waals surface area contributed by atoms with E-state index in [1.165, 1.54) is 0 Å². The van der Waals surface area contributed by atoms with Crippen LogP contribution in [0, 0.1) is 5.41 Å². The lowest BCUT2D eigenvalue weighted by molar-refractivity contribution is -0.129. The molecule has 1 heterocycles. The van der Waals surface area contributed by atoms with Crippen LogP contribution in [0.1, 0.15) is 103 Å². The van der Waals surface area contributed by atoms with Gasteiger partial charge < -0.3 is 20.1 Å². The topological polar surface area (TPSA) is 123 Å². The summed E-state index contributed by atoms with van der Waals surface area (Å²) in [6, 6.07) is 13.7. The fraction of sp³-hybridized carbons (Fsp3) is 0.486. The number of ether oxygens (including phenoxy) is 2. The number of Topliss-reactive ketones (excluding diaryl/α,β-unsaturated/α-hetero) is 2. The van der Waals surface area contributed by atoms with E-state index in [-0.39, 0.29) is 48.2 Å². The highest BCUT2D eigenvalue weighted by Gasteiger charge is 2.38. The summed E-state index contributed by atoms with van der Waals surface area (Å²) in [5, 5.41) is 6.09. The first kappa shape index (κ1) is 34.8. The maximum atomic E-state index is 13.5. The Hall–Kier alpha value is -4.11. The SMILES string of the molecule is CC(C)(C)NC(CCC(=O)NCCOC(=O)c1ccc(N=C2C(=O)C3=C(OC(C)(C)CC3)c3ccccc32)cc1)C(=O)C(C)(C)C. The average molecular weight is 630 g/mol. The van der Waals surface area contributed by atoms with Gasteiger partial charge in [0.15, 0.2) is 5.78 Å². The molecule has 0 aromatic heterocycles. The third-order valence-corrected chi connectivity index (χ3v) is 7.87. The Morgan fingerprint density at radius 3 is 2.26 bits per heavy atom. The van der Waals surface area contributed by atoms with Crippen LogP contribution in [0.15, 0.2) is 59.1 Å². The number of hydrogen-bond acceptors (Lipinski definition) is 8. The van der Waals surface area contributed by atoms with Crippen LogP contribution >= 0.6 is 0 Å². The van der Waals surface area contributed by atoms with Crippen LogP contribution in [0.3, 0.4) is 0 Å². The molecule has 0 radical (unpaired) electrons. The van der Waals surface area contributed by atoms with Crippen molar-refractivity contribution in [1.29, 1.82) is 0 Å². The average Bonchev–Trinajstić information content (AvgIpc) is 2.98. The molecule has 0 saturated heterocycles. The summed E-state index contributed by atoms with van der Waals surface area (Å²) in [5.74, 6) is -0.188. The molecule has 2 aliphatic rings. The summed E-state index contributed by atoms with van der Waals surface area (Å²) in [6.45, 7) is 15.8. The number of fused-ring (bicyclic) bond motifs is 2. The number of allylic oxidation sites excluding steroid dienone is 1. The van der Waals surface area contributed by atoms with E-state index < -0.39 is 17.4 Å². The fourth-order valence-corrected chi connectivity index (χ4v) is 5.52. The van der Waals surface area contributed by atoms with Crippen LogP contribution in [0.5, 0.6) is 0 Å². The number of benzene rings is 2. The minimum atomic E-state index is -0.533. The molecule has 0 bridgehead atoms. The summed E-state index contributed by atoms with van der Waals surface area (Å²) < 4.78 is 11.6. The quantitative estimate of drug-likeness (QED) is 0.240. The predicted octanol–water partition coefficient (Wildman–Crippen LogP) is 6.12. The van der Waals surface area contributed by atoms with E-state index in [4.69, 9.17) is 9.47 Å². The lowest BCUT2D eigenvalue weighted by atomic mass is 9.82. The Bertz CT molecular complexity index is 1550. The van der Waals surface area contributed by atoms with Crippen molar-refractivity contribution < 1.29 is 28.7 Å². The zero-order valence-electron chi connectivity index (χ0n) is 28.3. The van der Waals surface area contributed by atoms with Gasteiger partial charge >= 0.3 is 5.97 Å². The molecule has 1 unspecified atom stereocenters. The van der Waals surface area contributed by atoms with E-state index >= 15 is 0 Å². The molecular formula is C37H47N3O6. The van der Waals surface area contributed by atoms with Crippen LogP contribution in [0.25, 0.3) is 5.76 Å². The minimum Gasteiger partial charge on any atom is -0.487 e. The maximum Gasteiger partial charge on any atom is 0.338 e. The first-order valence-corrected chi connectivity index (χ1v) is 16.0. The van der Waals surface area contributed by atoms with Gasteiger partial charge in [-0.25, -0.2) is 9.79 Å². The zero-order valence-corrected chi connectivity index (χ0v) is 28.3. The molecule has 9 heteroatoms. The van der Waals surface area contributed by atoms with Gasteiger partial charge in [-0.05, 0) is 78.1 Å². The molecule has 1 aliphatic heterocycles. The molecule has 1 aliphatic carbocycles. The molecule has 4 rings (SSSR count). The predicted molar refractivity (Wildman–Crippen MR) is 179 cm³/mol. The highest BCUT2D eigenvalue weighted by atomic mass is 16.5. The molecule has 2 aromatic rings. The number of aliphatic imine (C=N–C) groups is 1. The number of nitrogens with one attached hydrogen (secondary N) is 2. The smallest absolute Gasteiger partial charge is 0.338 e. The summed E-state index contributed by atoms with van der Waals surface area (Å²) in [7, 11) is 0.